The second kappa shape index (κ2) is 6.16. The van der Waals surface area contributed by atoms with E-state index in [-0.39, 0.29) is 11.3 Å². The van der Waals surface area contributed by atoms with Gasteiger partial charge >= 0.3 is 0 Å². The molecule has 1 aliphatic rings. The van der Waals surface area contributed by atoms with Crippen molar-refractivity contribution < 1.29 is 8.42 Å². The Kier molecular flexibility index (Phi) is 5.41. The fraction of sp³-hybridized carbons (Fsp3) is 1.00. The largest absolute Gasteiger partial charge is 0.318 e. The Bertz CT molecular complexity index is 329. The fourth-order valence-electron chi connectivity index (χ4n) is 2.71. The Morgan fingerprint density at radius 2 is 2.00 bits per heavy atom. The number of hydrogen-bond acceptors (Lipinski definition) is 3. The van der Waals surface area contributed by atoms with Gasteiger partial charge in [0.05, 0.1) is 5.25 Å². The molecular weight excluding hydrogens is 236 g/mol. The molecule has 4 atom stereocenters. The van der Waals surface area contributed by atoms with Crippen molar-refractivity contribution in [1.29, 1.82) is 0 Å². The van der Waals surface area contributed by atoms with Crippen LogP contribution < -0.4 is 10.0 Å². The molecule has 1 rings (SSSR count). The highest BCUT2D eigenvalue weighted by Crippen LogP contribution is 2.34. The molecule has 0 amide bonds. The van der Waals surface area contributed by atoms with Crippen LogP contribution in [0.15, 0.2) is 0 Å². The predicted molar refractivity (Wildman–Crippen MR) is 71.4 cm³/mol. The van der Waals surface area contributed by atoms with E-state index in [0.29, 0.717) is 18.4 Å². The van der Waals surface area contributed by atoms with Crippen LogP contribution in [-0.2, 0) is 10.0 Å². The molecule has 4 unspecified atom stereocenters. The molecule has 1 fully saturated rings. The molecule has 0 heterocycles. The summed E-state index contributed by atoms with van der Waals surface area (Å²) in [6.45, 7) is 6.59. The summed E-state index contributed by atoms with van der Waals surface area (Å²) in [7, 11) is -1.41. The van der Waals surface area contributed by atoms with Gasteiger partial charge in [0.1, 0.15) is 0 Å². The maximum Gasteiger partial charge on any atom is 0.215 e. The minimum absolute atomic E-state index is 0.129. The third-order valence-corrected chi connectivity index (χ3v) is 5.95. The molecule has 0 saturated heterocycles. The van der Waals surface area contributed by atoms with Gasteiger partial charge in [0.2, 0.25) is 10.0 Å². The van der Waals surface area contributed by atoms with Gasteiger partial charge in [-0.15, -0.1) is 0 Å². The van der Waals surface area contributed by atoms with Crippen molar-refractivity contribution in [2.24, 2.45) is 11.8 Å². The van der Waals surface area contributed by atoms with E-state index >= 15 is 0 Å². The lowest BCUT2D eigenvalue weighted by molar-refractivity contribution is 0.368. The molecule has 2 N–H and O–H groups in total. The van der Waals surface area contributed by atoms with Crippen LogP contribution in [0, 0.1) is 11.8 Å². The van der Waals surface area contributed by atoms with Gasteiger partial charge in [-0.2, -0.15) is 0 Å². The summed E-state index contributed by atoms with van der Waals surface area (Å²) >= 11 is 0. The van der Waals surface area contributed by atoms with E-state index in [1.165, 1.54) is 0 Å². The lowest BCUT2D eigenvalue weighted by Gasteiger charge is -2.23. The fourth-order valence-corrected chi connectivity index (χ4v) is 4.09. The average Bonchev–Trinajstić information content (AvgIpc) is 2.60. The van der Waals surface area contributed by atoms with Gasteiger partial charge in [0.25, 0.3) is 0 Å². The SMILES string of the molecule is CCC1CCC(NS(=O)(=O)C(C)CNC)C1C. The van der Waals surface area contributed by atoms with Gasteiger partial charge in [0.15, 0.2) is 0 Å². The van der Waals surface area contributed by atoms with Gasteiger partial charge < -0.3 is 5.32 Å². The summed E-state index contributed by atoms with van der Waals surface area (Å²) in [6, 6.07) is 0.129. The summed E-state index contributed by atoms with van der Waals surface area (Å²) in [5, 5.41) is 2.54. The monoisotopic (exact) mass is 262 g/mol. The van der Waals surface area contributed by atoms with Crippen molar-refractivity contribution in [3.8, 4) is 0 Å². The molecule has 0 aromatic heterocycles. The molecule has 4 nitrogen and oxygen atoms in total. The number of hydrogen-bond donors (Lipinski definition) is 2. The van der Waals surface area contributed by atoms with Crippen molar-refractivity contribution in [3.63, 3.8) is 0 Å². The van der Waals surface area contributed by atoms with Crippen LogP contribution in [-0.4, -0.2) is 33.3 Å². The Hall–Kier alpha value is -0.130. The maximum absolute atomic E-state index is 12.1. The maximum atomic E-state index is 12.1. The number of rotatable bonds is 6. The Morgan fingerprint density at radius 3 is 2.47 bits per heavy atom. The second-order valence-electron chi connectivity index (χ2n) is 5.24. The summed E-state index contributed by atoms with van der Waals surface area (Å²) in [5.74, 6) is 1.12. The Morgan fingerprint density at radius 1 is 1.35 bits per heavy atom. The first-order valence-electron chi connectivity index (χ1n) is 6.58. The van der Waals surface area contributed by atoms with Gasteiger partial charge in [-0.1, -0.05) is 20.3 Å². The second-order valence-corrected chi connectivity index (χ2v) is 7.37. The van der Waals surface area contributed by atoms with E-state index in [2.05, 4.69) is 23.9 Å². The van der Waals surface area contributed by atoms with Crippen LogP contribution in [0.3, 0.4) is 0 Å². The first-order chi connectivity index (χ1) is 7.92. The zero-order valence-electron chi connectivity index (χ0n) is 11.4. The zero-order chi connectivity index (χ0) is 13.1. The zero-order valence-corrected chi connectivity index (χ0v) is 12.2. The van der Waals surface area contributed by atoms with E-state index in [0.717, 1.165) is 19.3 Å². The molecule has 0 aliphatic heterocycles. The molecule has 5 heteroatoms. The topological polar surface area (TPSA) is 58.2 Å². The third kappa shape index (κ3) is 3.66. The molecule has 0 aromatic rings. The molecule has 0 spiro atoms. The average molecular weight is 262 g/mol. The van der Waals surface area contributed by atoms with Crippen molar-refractivity contribution >= 4 is 10.0 Å². The van der Waals surface area contributed by atoms with Crippen LogP contribution >= 0.6 is 0 Å². The molecule has 0 bridgehead atoms. The van der Waals surface area contributed by atoms with Crippen molar-refractivity contribution in [2.75, 3.05) is 13.6 Å². The Balaban J connectivity index is 2.60. The predicted octanol–water partition coefficient (Wildman–Crippen LogP) is 1.34. The molecule has 1 saturated carbocycles. The third-order valence-electron chi connectivity index (χ3n) is 4.09. The highest BCUT2D eigenvalue weighted by Gasteiger charge is 2.35. The lowest BCUT2D eigenvalue weighted by Crippen LogP contribution is -2.44. The normalized spacial score (nSPS) is 31.6. The van der Waals surface area contributed by atoms with Gasteiger partial charge in [-0.05, 0) is 38.6 Å². The van der Waals surface area contributed by atoms with E-state index < -0.39 is 10.0 Å². The summed E-state index contributed by atoms with van der Waals surface area (Å²) < 4.78 is 27.0. The van der Waals surface area contributed by atoms with Crippen LogP contribution in [0.5, 0.6) is 0 Å². The number of nitrogens with one attached hydrogen (secondary N) is 2. The van der Waals surface area contributed by atoms with Crippen molar-refractivity contribution in [3.05, 3.63) is 0 Å². The van der Waals surface area contributed by atoms with Gasteiger partial charge in [-0.25, -0.2) is 13.1 Å². The molecule has 0 radical (unpaired) electrons. The standard InChI is InChI=1S/C12H26N2O2S/c1-5-11-6-7-12(10(11)3)14-17(15,16)9(2)8-13-4/h9-14H,5-8H2,1-4H3. The Labute approximate surface area is 106 Å². The van der Waals surface area contributed by atoms with Crippen LogP contribution in [0.1, 0.15) is 40.0 Å². The summed E-state index contributed by atoms with van der Waals surface area (Å²) in [4.78, 5) is 0. The molecule has 102 valence electrons. The van der Waals surface area contributed by atoms with Crippen molar-refractivity contribution in [1.82, 2.24) is 10.0 Å². The first kappa shape index (κ1) is 14.9. The van der Waals surface area contributed by atoms with Crippen molar-refractivity contribution in [2.45, 2.75) is 51.3 Å². The minimum atomic E-state index is -3.18. The minimum Gasteiger partial charge on any atom is -0.318 e. The van der Waals surface area contributed by atoms with E-state index in [4.69, 9.17) is 0 Å². The smallest absolute Gasteiger partial charge is 0.215 e. The molecule has 17 heavy (non-hydrogen) atoms. The van der Waals surface area contributed by atoms with Gasteiger partial charge in [0, 0.05) is 12.6 Å². The van der Waals surface area contributed by atoms with Crippen LogP contribution in [0.2, 0.25) is 0 Å². The highest BCUT2D eigenvalue weighted by atomic mass is 32.2. The summed E-state index contributed by atoms with van der Waals surface area (Å²) in [6.07, 6.45) is 3.27. The summed E-state index contributed by atoms with van der Waals surface area (Å²) in [5.41, 5.74) is 0. The van der Waals surface area contributed by atoms with Gasteiger partial charge in [-0.3, -0.25) is 0 Å². The van der Waals surface area contributed by atoms with Crippen LogP contribution in [0.25, 0.3) is 0 Å². The lowest BCUT2D eigenvalue weighted by atomic mass is 9.94. The van der Waals surface area contributed by atoms with E-state index in [9.17, 15) is 8.42 Å². The van der Waals surface area contributed by atoms with E-state index in [1.54, 1.807) is 14.0 Å². The number of sulfonamides is 1. The van der Waals surface area contributed by atoms with Crippen LogP contribution in [0.4, 0.5) is 0 Å². The van der Waals surface area contributed by atoms with E-state index in [1.807, 2.05) is 0 Å². The molecule has 1 aliphatic carbocycles. The molecule has 0 aromatic carbocycles. The first-order valence-corrected chi connectivity index (χ1v) is 8.12. The molecular formula is C12H26N2O2S. The quantitative estimate of drug-likeness (QED) is 0.759. The highest BCUT2D eigenvalue weighted by molar-refractivity contribution is 7.90.